The molecule has 18 heavy (non-hydrogen) atoms. The van der Waals surface area contributed by atoms with Crippen LogP contribution in [0.2, 0.25) is 5.02 Å². The lowest BCUT2D eigenvalue weighted by Gasteiger charge is -2.22. The molecule has 0 aromatic carbocycles. The average molecular weight is 288 g/mol. The molecule has 2 heterocycles. The van der Waals surface area contributed by atoms with Crippen molar-refractivity contribution in [1.29, 1.82) is 0 Å². The number of hydrogen-bond donors (Lipinski definition) is 1. The lowest BCUT2D eigenvalue weighted by Crippen LogP contribution is -2.25. The van der Waals surface area contributed by atoms with Gasteiger partial charge < -0.3 is 5.32 Å². The summed E-state index contributed by atoms with van der Waals surface area (Å²) in [5, 5.41) is 7.58. The first kappa shape index (κ1) is 13.7. The second-order valence-corrected chi connectivity index (χ2v) is 6.03. The number of rotatable bonds is 4. The van der Waals surface area contributed by atoms with Gasteiger partial charge in [0.2, 0.25) is 0 Å². The summed E-state index contributed by atoms with van der Waals surface area (Å²) >= 11 is 8.07. The van der Waals surface area contributed by atoms with Gasteiger partial charge in [-0.2, -0.15) is 16.9 Å². The molecule has 1 aromatic rings. The lowest BCUT2D eigenvalue weighted by atomic mass is 10.0. The average Bonchev–Trinajstić information content (AvgIpc) is 2.42. The van der Waals surface area contributed by atoms with Crippen LogP contribution in [-0.2, 0) is 6.54 Å². The Balaban J connectivity index is 2.01. The Morgan fingerprint density at radius 1 is 1.56 bits per heavy atom. The molecular weight excluding hydrogens is 270 g/mol. The van der Waals surface area contributed by atoms with Crippen molar-refractivity contribution in [1.82, 2.24) is 9.78 Å². The largest absolute Gasteiger partial charge is 0.382 e. The monoisotopic (exact) mass is 287 g/mol. The van der Waals surface area contributed by atoms with Gasteiger partial charge in [-0.25, -0.2) is 4.68 Å². The molecule has 1 aromatic heterocycles. The van der Waals surface area contributed by atoms with Crippen LogP contribution in [0.15, 0.2) is 11.0 Å². The van der Waals surface area contributed by atoms with Crippen molar-refractivity contribution in [2.24, 2.45) is 5.92 Å². The standard InChI is InChI=1S/C12H18ClN3OS/c1-2-16-12(17)11(13)10(8-15-16)14-7-9-3-5-18-6-4-9/h8-9,14H,2-7H2,1H3. The summed E-state index contributed by atoms with van der Waals surface area (Å²) in [7, 11) is 0. The molecule has 100 valence electrons. The van der Waals surface area contributed by atoms with E-state index >= 15 is 0 Å². The van der Waals surface area contributed by atoms with E-state index in [1.807, 2.05) is 18.7 Å². The molecule has 0 saturated carbocycles. The molecule has 0 amide bonds. The fourth-order valence-electron chi connectivity index (χ4n) is 2.02. The number of aryl methyl sites for hydroxylation is 1. The molecule has 1 N–H and O–H groups in total. The number of anilines is 1. The first-order valence-electron chi connectivity index (χ1n) is 6.29. The van der Waals surface area contributed by atoms with Gasteiger partial charge in [0.1, 0.15) is 5.02 Å². The van der Waals surface area contributed by atoms with E-state index in [0.29, 0.717) is 18.2 Å². The zero-order valence-corrected chi connectivity index (χ0v) is 12.1. The van der Waals surface area contributed by atoms with Gasteiger partial charge in [0.25, 0.3) is 5.56 Å². The van der Waals surface area contributed by atoms with Crippen LogP contribution < -0.4 is 10.9 Å². The Morgan fingerprint density at radius 2 is 2.28 bits per heavy atom. The Hall–Kier alpha value is -0.680. The SMILES string of the molecule is CCn1ncc(NCC2CCSCC2)c(Cl)c1=O. The van der Waals surface area contributed by atoms with Gasteiger partial charge >= 0.3 is 0 Å². The molecule has 0 radical (unpaired) electrons. The van der Waals surface area contributed by atoms with Crippen molar-refractivity contribution < 1.29 is 0 Å². The van der Waals surface area contributed by atoms with Crippen LogP contribution in [0.25, 0.3) is 0 Å². The maximum atomic E-state index is 11.8. The lowest BCUT2D eigenvalue weighted by molar-refractivity contribution is 0.515. The molecule has 0 atom stereocenters. The molecule has 1 aliphatic heterocycles. The highest BCUT2D eigenvalue weighted by Crippen LogP contribution is 2.24. The minimum Gasteiger partial charge on any atom is -0.382 e. The Labute approximate surface area is 116 Å². The first-order chi connectivity index (χ1) is 8.72. The minimum atomic E-state index is -0.219. The van der Waals surface area contributed by atoms with E-state index in [0.717, 1.165) is 6.54 Å². The fourth-order valence-corrected chi connectivity index (χ4v) is 3.44. The summed E-state index contributed by atoms with van der Waals surface area (Å²) in [5.41, 5.74) is 0.438. The third kappa shape index (κ3) is 3.20. The van der Waals surface area contributed by atoms with Gasteiger partial charge in [-0.1, -0.05) is 11.6 Å². The van der Waals surface area contributed by atoms with Crippen LogP contribution in [0.4, 0.5) is 5.69 Å². The highest BCUT2D eigenvalue weighted by Gasteiger charge is 2.15. The molecule has 1 saturated heterocycles. The molecule has 1 fully saturated rings. The summed E-state index contributed by atoms with van der Waals surface area (Å²) in [4.78, 5) is 11.8. The summed E-state index contributed by atoms with van der Waals surface area (Å²) in [6, 6.07) is 0. The van der Waals surface area contributed by atoms with Crippen molar-refractivity contribution >= 4 is 29.1 Å². The summed E-state index contributed by atoms with van der Waals surface area (Å²) in [5.74, 6) is 3.14. The third-order valence-electron chi connectivity index (χ3n) is 3.21. The number of halogens is 1. The number of hydrogen-bond acceptors (Lipinski definition) is 4. The molecule has 1 aliphatic rings. The van der Waals surface area contributed by atoms with E-state index < -0.39 is 0 Å². The second kappa shape index (κ2) is 6.48. The highest BCUT2D eigenvalue weighted by molar-refractivity contribution is 7.99. The van der Waals surface area contributed by atoms with Crippen LogP contribution in [0.3, 0.4) is 0 Å². The van der Waals surface area contributed by atoms with Gasteiger partial charge in [0, 0.05) is 13.1 Å². The van der Waals surface area contributed by atoms with Crippen molar-refractivity contribution in [3.8, 4) is 0 Å². The van der Waals surface area contributed by atoms with Crippen LogP contribution in [0.5, 0.6) is 0 Å². The summed E-state index contributed by atoms with van der Waals surface area (Å²) in [6.07, 6.45) is 4.11. The molecule has 0 unspecified atom stereocenters. The smallest absolute Gasteiger partial charge is 0.287 e. The van der Waals surface area contributed by atoms with E-state index in [-0.39, 0.29) is 10.6 Å². The van der Waals surface area contributed by atoms with E-state index in [4.69, 9.17) is 11.6 Å². The molecule has 6 heteroatoms. The van der Waals surface area contributed by atoms with Crippen molar-refractivity contribution in [3.05, 3.63) is 21.6 Å². The normalized spacial score (nSPS) is 16.8. The summed E-state index contributed by atoms with van der Waals surface area (Å²) in [6.45, 7) is 3.29. The molecule has 4 nitrogen and oxygen atoms in total. The van der Waals surface area contributed by atoms with Crippen LogP contribution in [-0.4, -0.2) is 27.8 Å². The molecule has 2 rings (SSSR count). The maximum Gasteiger partial charge on any atom is 0.287 e. The van der Waals surface area contributed by atoms with Crippen LogP contribution in [0, 0.1) is 5.92 Å². The zero-order chi connectivity index (χ0) is 13.0. The van der Waals surface area contributed by atoms with Crippen LogP contribution in [0.1, 0.15) is 19.8 Å². The van der Waals surface area contributed by atoms with Crippen LogP contribution >= 0.6 is 23.4 Å². The first-order valence-corrected chi connectivity index (χ1v) is 7.83. The maximum absolute atomic E-state index is 11.8. The zero-order valence-electron chi connectivity index (χ0n) is 10.5. The van der Waals surface area contributed by atoms with E-state index in [1.165, 1.54) is 29.0 Å². The van der Waals surface area contributed by atoms with Crippen molar-refractivity contribution in [2.75, 3.05) is 23.4 Å². The molecule has 0 aliphatic carbocycles. The van der Waals surface area contributed by atoms with E-state index in [9.17, 15) is 4.79 Å². The number of aromatic nitrogens is 2. The number of nitrogens with one attached hydrogen (secondary N) is 1. The van der Waals surface area contributed by atoms with E-state index in [1.54, 1.807) is 6.20 Å². The van der Waals surface area contributed by atoms with E-state index in [2.05, 4.69) is 10.4 Å². The van der Waals surface area contributed by atoms with Crippen molar-refractivity contribution in [3.63, 3.8) is 0 Å². The minimum absolute atomic E-state index is 0.219. The third-order valence-corrected chi connectivity index (χ3v) is 4.62. The number of nitrogens with zero attached hydrogens (tertiary/aromatic N) is 2. The van der Waals surface area contributed by atoms with Gasteiger partial charge in [-0.3, -0.25) is 4.79 Å². The van der Waals surface area contributed by atoms with Gasteiger partial charge in [0.05, 0.1) is 11.9 Å². The highest BCUT2D eigenvalue weighted by atomic mass is 35.5. The Kier molecular flexibility index (Phi) is 4.95. The molecule has 0 spiro atoms. The van der Waals surface area contributed by atoms with Crippen molar-refractivity contribution in [2.45, 2.75) is 26.3 Å². The summed E-state index contributed by atoms with van der Waals surface area (Å²) < 4.78 is 1.37. The number of thioether (sulfide) groups is 1. The quantitative estimate of drug-likeness (QED) is 0.924. The van der Waals surface area contributed by atoms with Gasteiger partial charge in [-0.05, 0) is 37.2 Å². The van der Waals surface area contributed by atoms with Gasteiger partial charge in [0.15, 0.2) is 0 Å². The Bertz CT molecular complexity index is 457. The molecule has 0 bridgehead atoms. The fraction of sp³-hybridized carbons (Fsp3) is 0.667. The second-order valence-electron chi connectivity index (χ2n) is 4.43. The predicted molar refractivity (Wildman–Crippen MR) is 77.7 cm³/mol. The molecular formula is C12H18ClN3OS. The predicted octanol–water partition coefficient (Wildman–Crippen LogP) is 2.47. The Morgan fingerprint density at radius 3 is 2.94 bits per heavy atom. The van der Waals surface area contributed by atoms with Gasteiger partial charge in [-0.15, -0.1) is 0 Å². The topological polar surface area (TPSA) is 46.9 Å².